The molecule has 2 amide bonds. The van der Waals surface area contributed by atoms with E-state index in [2.05, 4.69) is 4.74 Å². The lowest BCUT2D eigenvalue weighted by atomic mass is 10.2. The molecule has 1 aliphatic rings. The number of cyclic esters (lactones) is 1. The average Bonchev–Trinajstić information content (AvgIpc) is 3.16. The van der Waals surface area contributed by atoms with E-state index >= 15 is 0 Å². The largest absolute Gasteiger partial charge is 0.490 e. The molecular weight excluding hydrogens is 366 g/mol. The van der Waals surface area contributed by atoms with Crippen molar-refractivity contribution in [2.75, 3.05) is 33.0 Å². The number of imide groups is 1. The third-order valence-corrected chi connectivity index (χ3v) is 3.85. The second kappa shape index (κ2) is 9.40. The Morgan fingerprint density at radius 1 is 0.964 bits per heavy atom. The van der Waals surface area contributed by atoms with E-state index in [-0.39, 0.29) is 25.3 Å². The molecule has 2 aromatic rings. The molecule has 3 rings (SSSR count). The number of nitrogens with zero attached hydrogens (tertiary/aromatic N) is 1. The van der Waals surface area contributed by atoms with Gasteiger partial charge in [0.1, 0.15) is 36.9 Å². The Balaban J connectivity index is 1.50. The molecule has 0 radical (unpaired) electrons. The van der Waals surface area contributed by atoms with Crippen LogP contribution in [0.25, 0.3) is 0 Å². The SMILES string of the molecule is O=C(OCC(=O)N1CCOC1=O)c1ccccc1OCCOc1ccccc1. The van der Waals surface area contributed by atoms with Crippen LogP contribution in [-0.4, -0.2) is 55.8 Å². The van der Waals surface area contributed by atoms with Crippen LogP contribution in [0.2, 0.25) is 0 Å². The van der Waals surface area contributed by atoms with E-state index < -0.39 is 24.6 Å². The van der Waals surface area contributed by atoms with E-state index in [1.54, 1.807) is 18.2 Å². The fourth-order valence-corrected chi connectivity index (χ4v) is 2.49. The predicted molar refractivity (Wildman–Crippen MR) is 97.2 cm³/mol. The summed E-state index contributed by atoms with van der Waals surface area (Å²) >= 11 is 0. The second-order valence-electron chi connectivity index (χ2n) is 5.74. The molecule has 0 atom stereocenters. The van der Waals surface area contributed by atoms with Crippen molar-refractivity contribution in [3.05, 3.63) is 60.2 Å². The summed E-state index contributed by atoms with van der Waals surface area (Å²) in [6, 6.07) is 15.8. The smallest absolute Gasteiger partial charge is 0.416 e. The highest BCUT2D eigenvalue weighted by Crippen LogP contribution is 2.19. The molecule has 1 aliphatic heterocycles. The highest BCUT2D eigenvalue weighted by Gasteiger charge is 2.29. The van der Waals surface area contributed by atoms with E-state index in [4.69, 9.17) is 14.2 Å². The van der Waals surface area contributed by atoms with Crippen molar-refractivity contribution in [2.24, 2.45) is 0 Å². The Kier molecular flexibility index (Phi) is 6.46. The molecule has 8 heteroatoms. The maximum Gasteiger partial charge on any atom is 0.416 e. The first-order chi connectivity index (χ1) is 13.6. The third kappa shape index (κ3) is 5.00. The Morgan fingerprint density at radius 3 is 2.43 bits per heavy atom. The van der Waals surface area contributed by atoms with E-state index in [0.717, 1.165) is 10.6 Å². The number of benzene rings is 2. The second-order valence-corrected chi connectivity index (χ2v) is 5.74. The molecule has 8 nitrogen and oxygen atoms in total. The van der Waals surface area contributed by atoms with E-state index in [1.807, 2.05) is 30.3 Å². The van der Waals surface area contributed by atoms with Crippen LogP contribution in [-0.2, 0) is 14.3 Å². The maximum atomic E-state index is 12.3. The van der Waals surface area contributed by atoms with Crippen molar-refractivity contribution in [2.45, 2.75) is 0 Å². The highest BCUT2D eigenvalue weighted by atomic mass is 16.6. The Morgan fingerprint density at radius 2 is 1.68 bits per heavy atom. The van der Waals surface area contributed by atoms with Crippen LogP contribution in [0.1, 0.15) is 10.4 Å². The number of para-hydroxylation sites is 2. The minimum atomic E-state index is -0.733. The molecule has 0 aliphatic carbocycles. The van der Waals surface area contributed by atoms with E-state index in [1.165, 1.54) is 6.07 Å². The van der Waals surface area contributed by atoms with Crippen LogP contribution in [0.3, 0.4) is 0 Å². The average molecular weight is 385 g/mol. The number of hydrogen-bond donors (Lipinski definition) is 0. The maximum absolute atomic E-state index is 12.3. The molecule has 0 bridgehead atoms. The zero-order valence-corrected chi connectivity index (χ0v) is 15.0. The minimum Gasteiger partial charge on any atom is -0.490 e. The third-order valence-electron chi connectivity index (χ3n) is 3.85. The standard InChI is InChI=1S/C20H19NO7/c22-18(21-10-11-27-20(21)24)14-28-19(23)16-8-4-5-9-17(16)26-13-12-25-15-6-2-1-3-7-15/h1-9H,10-14H2. The van der Waals surface area contributed by atoms with Crippen LogP contribution in [0.5, 0.6) is 11.5 Å². The monoisotopic (exact) mass is 385 g/mol. The summed E-state index contributed by atoms with van der Waals surface area (Å²) in [4.78, 5) is 36.5. The number of rotatable bonds is 8. The molecule has 0 spiro atoms. The lowest BCUT2D eigenvalue weighted by Gasteiger charge is -2.13. The van der Waals surface area contributed by atoms with Gasteiger partial charge in [0, 0.05) is 0 Å². The number of hydrogen-bond acceptors (Lipinski definition) is 7. The van der Waals surface area contributed by atoms with Gasteiger partial charge in [0.2, 0.25) is 0 Å². The van der Waals surface area contributed by atoms with Crippen LogP contribution in [0.15, 0.2) is 54.6 Å². The van der Waals surface area contributed by atoms with E-state index in [0.29, 0.717) is 12.4 Å². The molecule has 0 saturated carbocycles. The number of carbonyl (C=O) groups excluding carboxylic acids is 3. The molecule has 2 aromatic carbocycles. The number of esters is 1. The molecule has 1 fully saturated rings. The number of amides is 2. The molecule has 1 saturated heterocycles. The summed E-state index contributed by atoms with van der Waals surface area (Å²) in [5.74, 6) is -0.319. The molecular formula is C20H19NO7. The van der Waals surface area contributed by atoms with Gasteiger partial charge in [-0.1, -0.05) is 30.3 Å². The van der Waals surface area contributed by atoms with Crippen molar-refractivity contribution in [3.8, 4) is 11.5 Å². The lowest BCUT2D eigenvalue weighted by molar-refractivity contribution is -0.131. The Hall–Kier alpha value is -3.55. The van der Waals surface area contributed by atoms with Gasteiger partial charge in [-0.3, -0.25) is 4.79 Å². The van der Waals surface area contributed by atoms with Crippen LogP contribution < -0.4 is 9.47 Å². The normalized spacial score (nSPS) is 13.0. The molecule has 28 heavy (non-hydrogen) atoms. The fraction of sp³-hybridized carbons (Fsp3) is 0.250. The topological polar surface area (TPSA) is 91.4 Å². The van der Waals surface area contributed by atoms with Gasteiger partial charge in [-0.25, -0.2) is 14.5 Å². The zero-order valence-electron chi connectivity index (χ0n) is 15.0. The summed E-state index contributed by atoms with van der Waals surface area (Å²) in [5.41, 5.74) is 0.180. The van der Waals surface area contributed by atoms with Crippen molar-refractivity contribution in [1.82, 2.24) is 4.90 Å². The van der Waals surface area contributed by atoms with Crippen LogP contribution >= 0.6 is 0 Å². The fourth-order valence-electron chi connectivity index (χ4n) is 2.49. The van der Waals surface area contributed by atoms with Crippen molar-refractivity contribution in [3.63, 3.8) is 0 Å². The summed E-state index contributed by atoms with van der Waals surface area (Å²) in [5, 5.41) is 0. The number of carbonyl (C=O) groups is 3. The van der Waals surface area contributed by atoms with Gasteiger partial charge in [0.25, 0.3) is 5.91 Å². The molecule has 1 heterocycles. The van der Waals surface area contributed by atoms with Gasteiger partial charge in [0.05, 0.1) is 6.54 Å². The van der Waals surface area contributed by atoms with Gasteiger partial charge in [0.15, 0.2) is 6.61 Å². The first-order valence-electron chi connectivity index (χ1n) is 8.69. The van der Waals surface area contributed by atoms with Gasteiger partial charge in [-0.15, -0.1) is 0 Å². The minimum absolute atomic E-state index is 0.139. The summed E-state index contributed by atoms with van der Waals surface area (Å²) in [6.07, 6.45) is -0.733. The van der Waals surface area contributed by atoms with Crippen LogP contribution in [0, 0.1) is 0 Å². The molecule has 0 unspecified atom stereocenters. The van der Waals surface area contributed by atoms with Crippen LogP contribution in [0.4, 0.5) is 4.79 Å². The summed E-state index contributed by atoms with van der Waals surface area (Å²) in [7, 11) is 0. The molecule has 0 aromatic heterocycles. The molecule has 0 N–H and O–H groups in total. The zero-order chi connectivity index (χ0) is 19.8. The molecule has 146 valence electrons. The lowest BCUT2D eigenvalue weighted by Crippen LogP contribution is -2.35. The van der Waals surface area contributed by atoms with Gasteiger partial charge >= 0.3 is 12.1 Å². The van der Waals surface area contributed by atoms with Crippen molar-refractivity contribution >= 4 is 18.0 Å². The predicted octanol–water partition coefficient (Wildman–Crippen LogP) is 2.28. The Labute approximate surface area is 161 Å². The first-order valence-corrected chi connectivity index (χ1v) is 8.69. The highest BCUT2D eigenvalue weighted by molar-refractivity contribution is 5.97. The van der Waals surface area contributed by atoms with Gasteiger partial charge < -0.3 is 18.9 Å². The van der Waals surface area contributed by atoms with Gasteiger partial charge in [-0.2, -0.15) is 0 Å². The van der Waals surface area contributed by atoms with Crippen molar-refractivity contribution < 1.29 is 33.3 Å². The summed E-state index contributed by atoms with van der Waals surface area (Å²) in [6.45, 7) is 0.247. The van der Waals surface area contributed by atoms with E-state index in [9.17, 15) is 14.4 Å². The Bertz CT molecular complexity index is 837. The van der Waals surface area contributed by atoms with Gasteiger partial charge in [-0.05, 0) is 24.3 Å². The quantitative estimate of drug-likeness (QED) is 0.508. The first kappa shape index (κ1) is 19.2. The number of ether oxygens (including phenoxy) is 4. The van der Waals surface area contributed by atoms with Crippen molar-refractivity contribution in [1.29, 1.82) is 0 Å². The summed E-state index contributed by atoms with van der Waals surface area (Å²) < 4.78 is 20.8.